The first kappa shape index (κ1) is 47.4. The van der Waals surface area contributed by atoms with Gasteiger partial charge in [0.25, 0.3) is 0 Å². The number of methoxy groups -OCH3 is 1. The van der Waals surface area contributed by atoms with Crippen molar-refractivity contribution >= 4 is 68.0 Å². The van der Waals surface area contributed by atoms with Crippen molar-refractivity contribution in [2.45, 2.75) is 83.1 Å². The normalized spacial score (nSPS) is 11.5. The summed E-state index contributed by atoms with van der Waals surface area (Å²) in [7, 11) is 1.72. The Bertz CT molecular complexity index is 3260. The van der Waals surface area contributed by atoms with Gasteiger partial charge in [-0.15, -0.1) is 0 Å². The molecule has 0 aliphatic rings. The molecule has 350 valence electrons. The summed E-state index contributed by atoms with van der Waals surface area (Å²) >= 11 is 0. The minimum absolute atomic E-state index is 0.125. The SMILES string of the molecule is COc1ccc(-n2c3ccc(-c4ccc(B(c5c(C)cc(C)cc5C)c5c(C)cc(C)cc5C)cc4)cc3c3cc(-c4ccc(B(c5c(C)cc(C)cc5C)c5c(C)cc(C)cc5C)cc4)ccc32)cc1. The topological polar surface area (TPSA) is 14.2 Å². The molecule has 10 aromatic rings. The average Bonchev–Trinajstić information content (AvgIpc) is 3.65. The third-order valence-electron chi connectivity index (χ3n) is 15.4. The fourth-order valence-electron chi connectivity index (χ4n) is 12.7. The van der Waals surface area contributed by atoms with E-state index in [4.69, 9.17) is 4.74 Å². The number of ether oxygens (including phenoxy) is 1. The number of nitrogens with zero attached hydrogens (tertiary/aromatic N) is 1. The lowest BCUT2D eigenvalue weighted by Gasteiger charge is -2.24. The molecule has 9 aromatic carbocycles. The summed E-state index contributed by atoms with van der Waals surface area (Å²) in [6.07, 6.45) is 0. The van der Waals surface area contributed by atoms with Crippen molar-refractivity contribution in [1.29, 1.82) is 0 Å². The number of aromatic nitrogens is 1. The van der Waals surface area contributed by atoms with Crippen molar-refractivity contribution in [3.63, 3.8) is 0 Å². The Hall–Kier alpha value is -7.29. The summed E-state index contributed by atoms with van der Waals surface area (Å²) in [6, 6.07) is 60.0. The fraction of sp³-hybridized carbons (Fsp3) is 0.194. The van der Waals surface area contributed by atoms with Crippen LogP contribution in [-0.4, -0.2) is 25.1 Å². The number of fused-ring (bicyclic) bond motifs is 3. The number of hydrogen-bond donors (Lipinski definition) is 0. The van der Waals surface area contributed by atoms with Crippen molar-refractivity contribution in [2.75, 3.05) is 7.11 Å². The highest BCUT2D eigenvalue weighted by atomic mass is 16.5. The summed E-state index contributed by atoms with van der Waals surface area (Å²) in [5.74, 6) is 0.844. The minimum atomic E-state index is 0.125. The first-order chi connectivity index (χ1) is 34.1. The van der Waals surface area contributed by atoms with Gasteiger partial charge in [-0.2, -0.15) is 0 Å². The predicted octanol–water partition coefficient (Wildman–Crippen LogP) is 12.9. The maximum absolute atomic E-state index is 5.59. The van der Waals surface area contributed by atoms with Gasteiger partial charge in [-0.25, -0.2) is 0 Å². The highest BCUT2D eigenvalue weighted by Crippen LogP contribution is 2.37. The van der Waals surface area contributed by atoms with E-state index in [2.05, 4.69) is 245 Å². The zero-order valence-electron chi connectivity index (χ0n) is 44.0. The molecule has 0 aliphatic carbocycles. The highest BCUT2D eigenvalue weighted by Gasteiger charge is 2.30. The quantitative estimate of drug-likeness (QED) is 0.125. The van der Waals surface area contributed by atoms with Crippen molar-refractivity contribution in [1.82, 2.24) is 4.57 Å². The standard InChI is InChI=1S/C67H65B2NO/c1-40-30-44(5)64(45(6)31-40)68(65-46(7)32-41(2)33-47(65)8)56-20-14-52(15-21-56)54-18-28-62-60(38-54)61-39-55(19-29-63(61)70(62)58-24-26-59(71-13)27-25-58)53-16-22-57(23-17-53)69(66-48(9)34-42(3)35-49(66)10)67-50(11)36-43(4)37-51(67)12/h14-39H,1-13H3. The second-order valence-electron chi connectivity index (χ2n) is 20.9. The fourth-order valence-corrected chi connectivity index (χ4v) is 12.7. The van der Waals surface area contributed by atoms with Gasteiger partial charge in [0.1, 0.15) is 5.75 Å². The van der Waals surface area contributed by atoms with Crippen LogP contribution in [-0.2, 0) is 0 Å². The molecule has 71 heavy (non-hydrogen) atoms. The Labute approximate surface area is 423 Å². The lowest BCUT2D eigenvalue weighted by Crippen LogP contribution is -2.55. The van der Waals surface area contributed by atoms with Gasteiger partial charge in [0.2, 0.25) is 13.4 Å². The van der Waals surface area contributed by atoms with Crippen LogP contribution in [0.15, 0.2) is 158 Å². The largest absolute Gasteiger partial charge is 0.497 e. The van der Waals surface area contributed by atoms with Gasteiger partial charge < -0.3 is 9.30 Å². The Morgan fingerprint density at radius 1 is 0.310 bits per heavy atom. The number of rotatable bonds is 10. The Kier molecular flexibility index (Phi) is 12.5. The Morgan fingerprint density at radius 3 is 0.873 bits per heavy atom. The third-order valence-corrected chi connectivity index (χ3v) is 15.4. The van der Waals surface area contributed by atoms with Gasteiger partial charge in [-0.1, -0.05) is 209 Å². The molecule has 0 radical (unpaired) electrons. The second kappa shape index (κ2) is 18.8. The smallest absolute Gasteiger partial charge is 0.242 e. The van der Waals surface area contributed by atoms with Gasteiger partial charge in [0, 0.05) is 16.5 Å². The van der Waals surface area contributed by atoms with Crippen LogP contribution in [0.25, 0.3) is 49.7 Å². The van der Waals surface area contributed by atoms with Crippen LogP contribution in [0.5, 0.6) is 5.75 Å². The van der Waals surface area contributed by atoms with Gasteiger partial charge in [0.05, 0.1) is 18.1 Å². The van der Waals surface area contributed by atoms with Crippen molar-refractivity contribution in [3.05, 3.63) is 224 Å². The number of benzene rings is 9. The van der Waals surface area contributed by atoms with Crippen molar-refractivity contribution in [2.24, 2.45) is 0 Å². The van der Waals surface area contributed by atoms with Gasteiger partial charge in [0.15, 0.2) is 0 Å². The van der Waals surface area contributed by atoms with Crippen LogP contribution in [0, 0.1) is 83.1 Å². The van der Waals surface area contributed by atoms with Crippen LogP contribution >= 0.6 is 0 Å². The molecule has 2 nitrogen and oxygen atoms in total. The summed E-state index contributed by atoms with van der Waals surface area (Å²) in [6.45, 7) is 27.3. The molecule has 1 heterocycles. The molecular formula is C67H65B2NO. The lowest BCUT2D eigenvalue weighted by atomic mass is 9.34. The molecule has 0 bridgehead atoms. The van der Waals surface area contributed by atoms with Gasteiger partial charge in [-0.05, 0) is 154 Å². The molecule has 0 N–H and O–H groups in total. The van der Waals surface area contributed by atoms with E-state index in [9.17, 15) is 0 Å². The maximum atomic E-state index is 5.59. The van der Waals surface area contributed by atoms with Crippen LogP contribution in [0.4, 0.5) is 0 Å². The molecule has 0 fully saturated rings. The molecule has 0 spiro atoms. The number of hydrogen-bond acceptors (Lipinski definition) is 1. The molecule has 0 aliphatic heterocycles. The molecule has 10 rings (SSSR count). The molecule has 4 heteroatoms. The van der Waals surface area contributed by atoms with Crippen LogP contribution < -0.4 is 37.5 Å². The van der Waals surface area contributed by atoms with Crippen LogP contribution in [0.2, 0.25) is 0 Å². The summed E-state index contributed by atoms with van der Waals surface area (Å²) in [4.78, 5) is 0. The van der Waals surface area contributed by atoms with E-state index in [-0.39, 0.29) is 13.4 Å². The molecule has 0 atom stereocenters. The van der Waals surface area contributed by atoms with E-state index in [0.717, 1.165) is 11.4 Å². The van der Waals surface area contributed by atoms with Gasteiger partial charge >= 0.3 is 0 Å². The van der Waals surface area contributed by atoms with Crippen molar-refractivity contribution < 1.29 is 4.74 Å². The molecule has 0 unspecified atom stereocenters. The molecular weight excluding hydrogens is 856 g/mol. The zero-order chi connectivity index (χ0) is 50.0. The van der Waals surface area contributed by atoms with E-state index in [1.807, 2.05) is 0 Å². The number of aryl methyl sites for hydroxylation is 12. The monoisotopic (exact) mass is 922 g/mol. The van der Waals surface area contributed by atoms with E-state index in [1.165, 1.54) is 144 Å². The van der Waals surface area contributed by atoms with E-state index in [1.54, 1.807) is 7.11 Å². The molecule has 0 amide bonds. The Balaban J connectivity index is 1.09. The predicted molar refractivity (Wildman–Crippen MR) is 310 cm³/mol. The third kappa shape index (κ3) is 8.73. The maximum Gasteiger partial charge on any atom is 0.242 e. The first-order valence-corrected chi connectivity index (χ1v) is 25.3. The van der Waals surface area contributed by atoms with Gasteiger partial charge in [-0.3, -0.25) is 0 Å². The minimum Gasteiger partial charge on any atom is -0.497 e. The lowest BCUT2D eigenvalue weighted by molar-refractivity contribution is 0.415. The van der Waals surface area contributed by atoms with E-state index < -0.39 is 0 Å². The molecule has 1 aromatic heterocycles. The van der Waals surface area contributed by atoms with Crippen LogP contribution in [0.1, 0.15) is 66.8 Å². The second-order valence-corrected chi connectivity index (χ2v) is 20.9. The van der Waals surface area contributed by atoms with E-state index >= 15 is 0 Å². The Morgan fingerprint density at radius 2 is 0.592 bits per heavy atom. The first-order valence-electron chi connectivity index (χ1n) is 25.3. The summed E-state index contributed by atoms with van der Waals surface area (Å²) < 4.78 is 7.99. The molecule has 0 saturated carbocycles. The molecule has 0 saturated heterocycles. The highest BCUT2D eigenvalue weighted by molar-refractivity contribution is 6.97. The summed E-state index contributed by atoms with van der Waals surface area (Å²) in [5.41, 5.74) is 32.4. The summed E-state index contributed by atoms with van der Waals surface area (Å²) in [5, 5.41) is 2.45. The van der Waals surface area contributed by atoms with E-state index in [0.29, 0.717) is 0 Å². The van der Waals surface area contributed by atoms with Crippen molar-refractivity contribution in [3.8, 4) is 33.7 Å². The van der Waals surface area contributed by atoms with Crippen LogP contribution in [0.3, 0.4) is 0 Å². The zero-order valence-corrected chi connectivity index (χ0v) is 44.0. The average molecular weight is 922 g/mol.